The number of aromatic hydroxyl groups is 1. The normalized spacial score (nSPS) is 19.2. The highest BCUT2D eigenvalue weighted by Crippen LogP contribution is 2.27. The molecule has 0 bridgehead atoms. The molecule has 1 aromatic carbocycles. The predicted octanol–water partition coefficient (Wildman–Crippen LogP) is 2.95. The van der Waals surface area contributed by atoms with Crippen LogP contribution in [0.4, 0.5) is 0 Å². The maximum absolute atomic E-state index is 10.0. The molecule has 0 saturated carbocycles. The van der Waals surface area contributed by atoms with Gasteiger partial charge in [0.2, 0.25) is 0 Å². The number of phenolic OH excluding ortho intramolecular Hbond substituents is 1. The Bertz CT molecular complexity index is 620. The first-order chi connectivity index (χ1) is 10.2. The average molecular weight is 285 g/mol. The number of imidazole rings is 1. The zero-order valence-electron chi connectivity index (χ0n) is 12.7. The van der Waals surface area contributed by atoms with Crippen LogP contribution in [0.5, 0.6) is 5.75 Å². The smallest absolute Gasteiger partial charge is 0.120 e. The second-order valence-electron chi connectivity index (χ2n) is 5.87. The number of aromatic nitrogens is 2. The largest absolute Gasteiger partial charge is 0.508 e. The summed E-state index contributed by atoms with van der Waals surface area (Å²) >= 11 is 0. The van der Waals surface area contributed by atoms with Crippen LogP contribution in [0.1, 0.15) is 42.9 Å². The maximum atomic E-state index is 10.0. The minimum Gasteiger partial charge on any atom is -0.508 e. The van der Waals surface area contributed by atoms with Crippen molar-refractivity contribution in [2.75, 3.05) is 0 Å². The van der Waals surface area contributed by atoms with Gasteiger partial charge in [-0.2, -0.15) is 0 Å². The molecule has 1 aliphatic heterocycles. The van der Waals surface area contributed by atoms with Crippen LogP contribution in [-0.4, -0.2) is 20.7 Å². The summed E-state index contributed by atoms with van der Waals surface area (Å²) in [6, 6.07) is 8.24. The van der Waals surface area contributed by atoms with Gasteiger partial charge in [-0.1, -0.05) is 25.1 Å². The molecule has 3 rings (SSSR count). The van der Waals surface area contributed by atoms with Gasteiger partial charge in [-0.25, -0.2) is 4.98 Å². The molecule has 0 spiro atoms. The summed E-state index contributed by atoms with van der Waals surface area (Å²) in [6.45, 7) is 5.16. The zero-order valence-corrected chi connectivity index (χ0v) is 12.7. The van der Waals surface area contributed by atoms with Crippen LogP contribution in [-0.2, 0) is 13.0 Å². The molecule has 4 nitrogen and oxygen atoms in total. The summed E-state index contributed by atoms with van der Waals surface area (Å²) in [5.74, 6) is 1.58. The van der Waals surface area contributed by atoms with Crippen molar-refractivity contribution in [1.29, 1.82) is 0 Å². The quantitative estimate of drug-likeness (QED) is 0.908. The molecule has 0 amide bonds. The number of para-hydroxylation sites is 1. The molecule has 0 aliphatic carbocycles. The Kier molecular flexibility index (Phi) is 3.97. The first-order valence-electron chi connectivity index (χ1n) is 7.74. The lowest BCUT2D eigenvalue weighted by Crippen LogP contribution is -2.39. The number of nitrogens with one attached hydrogen (secondary N) is 1. The molecule has 0 fully saturated rings. The van der Waals surface area contributed by atoms with Crippen molar-refractivity contribution in [1.82, 2.24) is 14.9 Å². The third kappa shape index (κ3) is 2.95. The highest BCUT2D eigenvalue weighted by atomic mass is 16.3. The van der Waals surface area contributed by atoms with Crippen LogP contribution in [0.2, 0.25) is 0 Å². The Morgan fingerprint density at radius 1 is 1.43 bits per heavy atom. The molecule has 2 atom stereocenters. The fraction of sp³-hybridized carbons (Fsp3) is 0.471. The number of benzene rings is 1. The number of phenols is 1. The Morgan fingerprint density at radius 2 is 2.24 bits per heavy atom. The van der Waals surface area contributed by atoms with Gasteiger partial charge in [0.15, 0.2) is 0 Å². The first-order valence-corrected chi connectivity index (χ1v) is 7.74. The van der Waals surface area contributed by atoms with E-state index in [9.17, 15) is 5.11 Å². The van der Waals surface area contributed by atoms with Gasteiger partial charge in [0.25, 0.3) is 0 Å². The van der Waals surface area contributed by atoms with Crippen LogP contribution in [0, 0.1) is 6.92 Å². The van der Waals surface area contributed by atoms with Crippen LogP contribution >= 0.6 is 0 Å². The summed E-state index contributed by atoms with van der Waals surface area (Å²) in [5.41, 5.74) is 2.09. The van der Waals surface area contributed by atoms with Gasteiger partial charge in [0.1, 0.15) is 11.6 Å². The molecule has 0 saturated heterocycles. The highest BCUT2D eigenvalue weighted by Gasteiger charge is 2.23. The summed E-state index contributed by atoms with van der Waals surface area (Å²) < 4.78 is 2.26. The number of nitrogens with zero attached hydrogens (tertiary/aromatic N) is 2. The van der Waals surface area contributed by atoms with Crippen LogP contribution in [0.15, 0.2) is 30.5 Å². The van der Waals surface area contributed by atoms with E-state index < -0.39 is 0 Å². The number of hydrogen-bond acceptors (Lipinski definition) is 3. The molecule has 21 heavy (non-hydrogen) atoms. The summed E-state index contributed by atoms with van der Waals surface area (Å²) in [5, 5.41) is 13.8. The van der Waals surface area contributed by atoms with Crippen molar-refractivity contribution in [2.24, 2.45) is 0 Å². The van der Waals surface area contributed by atoms with E-state index in [4.69, 9.17) is 0 Å². The van der Waals surface area contributed by atoms with E-state index in [1.807, 2.05) is 25.1 Å². The molecular weight excluding hydrogens is 262 g/mol. The van der Waals surface area contributed by atoms with E-state index in [0.29, 0.717) is 11.8 Å². The van der Waals surface area contributed by atoms with E-state index >= 15 is 0 Å². The minimum atomic E-state index is 0.197. The monoisotopic (exact) mass is 285 g/mol. The molecule has 1 aliphatic rings. The third-order valence-corrected chi connectivity index (χ3v) is 4.27. The second-order valence-corrected chi connectivity index (χ2v) is 5.87. The summed E-state index contributed by atoms with van der Waals surface area (Å²) in [4.78, 5) is 4.55. The van der Waals surface area contributed by atoms with Crippen LogP contribution in [0.25, 0.3) is 0 Å². The van der Waals surface area contributed by atoms with Crippen molar-refractivity contribution in [3.05, 3.63) is 47.5 Å². The Balaban J connectivity index is 1.72. The molecule has 0 unspecified atom stereocenters. The van der Waals surface area contributed by atoms with E-state index in [0.717, 1.165) is 37.1 Å². The Morgan fingerprint density at radius 3 is 3.00 bits per heavy atom. The Hall–Kier alpha value is -1.81. The maximum Gasteiger partial charge on any atom is 0.120 e. The standard InChI is InChI=1S/C17H23N3O/c1-3-15(14-6-4-5-7-16(14)21)19-13-8-9-17-18-12(2)10-20(17)11-13/h4-7,10,13,15,19,21H,3,8-9,11H2,1-2H3/t13-,15+/m0/s1. The van der Waals surface area contributed by atoms with E-state index in [2.05, 4.69) is 28.0 Å². The minimum absolute atomic E-state index is 0.197. The topological polar surface area (TPSA) is 50.1 Å². The van der Waals surface area contributed by atoms with E-state index in [1.165, 1.54) is 5.82 Å². The lowest BCUT2D eigenvalue weighted by molar-refractivity contribution is 0.333. The molecule has 112 valence electrons. The van der Waals surface area contributed by atoms with Crippen molar-refractivity contribution in [3.63, 3.8) is 0 Å². The van der Waals surface area contributed by atoms with E-state index in [1.54, 1.807) is 6.07 Å². The van der Waals surface area contributed by atoms with Gasteiger partial charge in [-0.3, -0.25) is 0 Å². The molecule has 4 heteroatoms. The van der Waals surface area contributed by atoms with Gasteiger partial charge < -0.3 is 15.0 Å². The van der Waals surface area contributed by atoms with Crippen molar-refractivity contribution in [2.45, 2.75) is 51.7 Å². The van der Waals surface area contributed by atoms with Gasteiger partial charge >= 0.3 is 0 Å². The van der Waals surface area contributed by atoms with E-state index in [-0.39, 0.29) is 6.04 Å². The highest BCUT2D eigenvalue weighted by molar-refractivity contribution is 5.34. The molecule has 2 heterocycles. The predicted molar refractivity (Wildman–Crippen MR) is 83.3 cm³/mol. The van der Waals surface area contributed by atoms with Crippen LogP contribution < -0.4 is 5.32 Å². The third-order valence-electron chi connectivity index (χ3n) is 4.27. The Labute approximate surface area is 125 Å². The summed E-state index contributed by atoms with van der Waals surface area (Å²) in [7, 11) is 0. The van der Waals surface area contributed by atoms with Crippen LogP contribution in [0.3, 0.4) is 0 Å². The average Bonchev–Trinajstić information content (AvgIpc) is 2.85. The second kappa shape index (κ2) is 5.90. The summed E-state index contributed by atoms with van der Waals surface area (Å²) in [6.07, 6.45) is 5.21. The molecule has 2 aromatic rings. The van der Waals surface area contributed by atoms with Gasteiger partial charge in [-0.15, -0.1) is 0 Å². The van der Waals surface area contributed by atoms with Gasteiger partial charge in [0, 0.05) is 36.8 Å². The molecular formula is C17H23N3O. The number of hydrogen-bond donors (Lipinski definition) is 2. The lowest BCUT2D eigenvalue weighted by atomic mass is 10.00. The zero-order chi connectivity index (χ0) is 14.8. The van der Waals surface area contributed by atoms with Crippen molar-refractivity contribution >= 4 is 0 Å². The van der Waals surface area contributed by atoms with Gasteiger partial charge in [-0.05, 0) is 25.8 Å². The molecule has 1 aromatic heterocycles. The SMILES string of the molecule is CC[C@@H](N[C@H]1CCc2nc(C)cn2C1)c1ccccc1O. The van der Waals surface area contributed by atoms with Crippen molar-refractivity contribution in [3.8, 4) is 5.75 Å². The lowest BCUT2D eigenvalue weighted by Gasteiger charge is -2.29. The fourth-order valence-corrected chi connectivity index (χ4v) is 3.22. The number of fused-ring (bicyclic) bond motifs is 1. The van der Waals surface area contributed by atoms with Gasteiger partial charge in [0.05, 0.1) is 5.69 Å². The number of rotatable bonds is 4. The molecule has 0 radical (unpaired) electrons. The van der Waals surface area contributed by atoms with Crippen molar-refractivity contribution < 1.29 is 5.11 Å². The number of aryl methyl sites for hydroxylation is 2. The molecule has 2 N–H and O–H groups in total. The fourth-order valence-electron chi connectivity index (χ4n) is 3.22. The first kappa shape index (κ1) is 14.1.